The fraction of sp³-hybridized carbons (Fsp3) is 0.707. The lowest BCUT2D eigenvalue weighted by Crippen LogP contribution is -2.59. The number of isocyanates is 1. The predicted octanol–water partition coefficient (Wildman–Crippen LogP) is 9.73. The highest BCUT2D eigenvalue weighted by molar-refractivity contribution is 6.01. The first kappa shape index (κ1) is 90.0. The van der Waals surface area contributed by atoms with Crippen LogP contribution in [0.15, 0.2) is 53.0 Å². The van der Waals surface area contributed by atoms with E-state index in [1.807, 2.05) is 23.6 Å². The van der Waals surface area contributed by atoms with Crippen LogP contribution in [0.1, 0.15) is 149 Å². The third-order valence-electron chi connectivity index (χ3n) is 24.4. The molecule has 114 heavy (non-hydrogen) atoms. The first-order valence-electron chi connectivity index (χ1n) is 39.6. The number of rotatable bonds is 12. The second-order valence-electron chi connectivity index (χ2n) is 32.7. The topological polar surface area (TPSA) is 339 Å². The van der Waals surface area contributed by atoms with E-state index in [0.29, 0.717) is 82.4 Å². The van der Waals surface area contributed by atoms with Crippen LogP contribution < -0.4 is 14.7 Å². The first-order chi connectivity index (χ1) is 53.6. The Morgan fingerprint density at radius 1 is 0.579 bits per heavy atom. The number of amides is 3. The van der Waals surface area contributed by atoms with Gasteiger partial charge in [-0.25, -0.2) is 28.0 Å². The molecule has 0 aliphatic carbocycles. The van der Waals surface area contributed by atoms with Crippen LogP contribution in [0.25, 0.3) is 0 Å². The molecule has 2 aromatic rings. The molecule has 32 heteroatoms. The quantitative estimate of drug-likeness (QED) is 0.0679. The highest BCUT2D eigenvalue weighted by Gasteiger charge is 2.62. The van der Waals surface area contributed by atoms with Crippen LogP contribution >= 0.6 is 0 Å². The minimum Gasteiger partial charge on any atom is -0.458 e. The van der Waals surface area contributed by atoms with Crippen LogP contribution in [0.4, 0.5) is 45.9 Å². The Labute approximate surface area is 665 Å². The average molecular weight is 1610 g/mol. The zero-order chi connectivity index (χ0) is 84.1. The van der Waals surface area contributed by atoms with Gasteiger partial charge in [-0.3, -0.25) is 33.7 Å². The van der Waals surface area contributed by atoms with Crippen LogP contribution in [0.3, 0.4) is 0 Å². The number of allylic oxidation sites excluding steroid dienone is 1. The number of anilines is 3. The van der Waals surface area contributed by atoms with Crippen LogP contribution in [0.5, 0.6) is 0 Å². The van der Waals surface area contributed by atoms with Gasteiger partial charge in [-0.2, -0.15) is 4.99 Å². The molecule has 30 nitrogen and oxygen atoms in total. The Balaban J connectivity index is 0.000000226. The number of Topliss-reactive ketones (excluding diaryl/α,β-unsaturated/α-hetero) is 4. The van der Waals surface area contributed by atoms with Crippen molar-refractivity contribution in [3.63, 3.8) is 0 Å². The smallest absolute Gasteiger partial charge is 0.415 e. The Morgan fingerprint density at radius 2 is 1.02 bits per heavy atom. The maximum absolute atomic E-state index is 15.9. The van der Waals surface area contributed by atoms with Gasteiger partial charge >= 0.3 is 30.2 Å². The Kier molecular flexibility index (Phi) is 29.3. The molecule has 9 aliphatic rings. The van der Waals surface area contributed by atoms with E-state index < -0.39 is 167 Å². The van der Waals surface area contributed by atoms with E-state index in [1.165, 1.54) is 74.0 Å². The van der Waals surface area contributed by atoms with E-state index >= 15 is 4.39 Å². The summed E-state index contributed by atoms with van der Waals surface area (Å²) in [6.45, 7) is 31.2. The number of ether oxygens (including phenoxy) is 13. The number of methoxy groups -OCH3 is 2. The van der Waals surface area contributed by atoms with E-state index in [2.05, 4.69) is 4.99 Å². The number of carbonyl (C=O) groups excluding carboxylic acids is 10. The number of cyclic esters (lactones) is 2. The second kappa shape index (κ2) is 37.1. The number of benzene rings is 2. The highest BCUT2D eigenvalue weighted by Crippen LogP contribution is 2.47. The third kappa shape index (κ3) is 19.0. The minimum absolute atomic E-state index is 0.0438. The molecule has 0 radical (unpaired) electrons. The van der Waals surface area contributed by atoms with Gasteiger partial charge in [0.2, 0.25) is 6.08 Å². The fourth-order valence-corrected chi connectivity index (χ4v) is 17.8. The number of esters is 2. The van der Waals surface area contributed by atoms with Crippen molar-refractivity contribution < 1.29 is 123 Å². The predicted molar refractivity (Wildman–Crippen MR) is 408 cm³/mol. The first-order valence-corrected chi connectivity index (χ1v) is 39.6. The average Bonchev–Trinajstić information content (AvgIpc) is 1.56. The third-order valence-corrected chi connectivity index (χ3v) is 24.4. The summed E-state index contributed by atoms with van der Waals surface area (Å²) in [7, 11) is 6.23. The van der Waals surface area contributed by atoms with Gasteiger partial charge in [0.15, 0.2) is 47.7 Å². The summed E-state index contributed by atoms with van der Waals surface area (Å²) in [5.74, 6) is -10.7. The number of halogens is 2. The molecule has 9 heterocycles. The van der Waals surface area contributed by atoms with Gasteiger partial charge in [-0.05, 0) is 143 Å². The van der Waals surface area contributed by atoms with Gasteiger partial charge in [-0.1, -0.05) is 48.5 Å². The van der Waals surface area contributed by atoms with Crippen molar-refractivity contribution in [3.05, 3.63) is 59.7 Å². The molecule has 8 fully saturated rings. The van der Waals surface area contributed by atoms with Gasteiger partial charge < -0.3 is 86.3 Å². The maximum atomic E-state index is 15.9. The van der Waals surface area contributed by atoms with E-state index in [0.717, 1.165) is 0 Å². The summed E-state index contributed by atoms with van der Waals surface area (Å²) in [5, 5.41) is 11.2. The Morgan fingerprint density at radius 3 is 1.45 bits per heavy atom. The van der Waals surface area contributed by atoms with Crippen molar-refractivity contribution in [2.24, 2.45) is 46.4 Å². The summed E-state index contributed by atoms with van der Waals surface area (Å²) in [5.41, 5.74) is -4.14. The molecule has 0 spiro atoms. The number of ketones is 4. The lowest BCUT2D eigenvalue weighted by molar-refractivity contribution is -0.284. The fourth-order valence-electron chi connectivity index (χ4n) is 17.8. The zero-order valence-electron chi connectivity index (χ0n) is 69.3. The van der Waals surface area contributed by atoms with Crippen molar-refractivity contribution >= 4 is 82.2 Å². The Hall–Kier alpha value is -7.91. The molecule has 3 amide bonds. The summed E-state index contributed by atoms with van der Waals surface area (Å²) in [4.78, 5) is 144. The number of morpholine rings is 2. The van der Waals surface area contributed by atoms with Gasteiger partial charge in [0, 0.05) is 90.1 Å². The van der Waals surface area contributed by atoms with E-state index in [9.17, 15) is 57.4 Å². The number of nitrogens with zero attached hydrogens (tertiary/aromatic N) is 6. The van der Waals surface area contributed by atoms with Gasteiger partial charge in [-0.15, -0.1) is 0 Å². The monoisotopic (exact) mass is 1610 g/mol. The van der Waals surface area contributed by atoms with Crippen LogP contribution in [-0.2, 0) is 95.1 Å². The van der Waals surface area contributed by atoms with Crippen LogP contribution in [-0.4, -0.2) is 257 Å². The van der Waals surface area contributed by atoms with Crippen molar-refractivity contribution in [2.45, 2.75) is 251 Å². The van der Waals surface area contributed by atoms with Crippen LogP contribution in [0, 0.1) is 53.1 Å². The lowest BCUT2D eigenvalue weighted by atomic mass is 9.73. The number of likely N-dealkylation sites (N-methyl/N-ethyl adjacent to an activating group) is 2. The van der Waals surface area contributed by atoms with E-state index in [4.69, 9.17) is 61.6 Å². The Bertz CT molecular complexity index is 3920. The number of aliphatic hydroxyl groups is 1. The molecule has 2 aromatic carbocycles. The molecule has 0 bridgehead atoms. The largest absolute Gasteiger partial charge is 0.458 e. The molecule has 24 atom stereocenters. The van der Waals surface area contributed by atoms with Gasteiger partial charge in [0.25, 0.3) is 0 Å². The van der Waals surface area contributed by atoms with Gasteiger partial charge in [0.1, 0.15) is 47.1 Å². The number of fused-ring (bicyclic) bond motifs is 3. The molecule has 0 aromatic heterocycles. The number of aliphatic imine (C=N–C) groups is 1. The summed E-state index contributed by atoms with van der Waals surface area (Å²) in [6, 6.07) is 7.22. The normalized spacial score (nSPS) is 38.0. The SMILES string of the molecule is CC[C@H]1OC(=O)[C@H](C)C(=O)[C@H](C)[C@@H](OC2O[C@H](C)C[C@H]3C2OC(=O)N3C)[C@](C)(OC)C[C@@H](C)C(=O)/C(C)=C/[C@]1(C)O.CC[C@H]1OC(=O)[C@H](C)C(=O)[C@H](C)[C@@H](OC2O[C@H](C)C[C@H]3C2OC(=O)N3C)[C@](C)(OC)C[C@@H](C)C(=O)[C@H](C)[C@H]2N(c3ccc(N4CCOCC4)c(F)c3)C(=O)O[C@]12C.O=C=Nc1ccc(N2CCOCC2)c(F)c1. The number of hydrogen-bond donors (Lipinski definition) is 1. The lowest BCUT2D eigenvalue weighted by Gasteiger charge is -2.46. The molecule has 8 saturated heterocycles. The van der Waals surface area contributed by atoms with Crippen molar-refractivity contribution in [3.8, 4) is 0 Å². The zero-order valence-corrected chi connectivity index (χ0v) is 69.3. The van der Waals surface area contributed by atoms with Crippen molar-refractivity contribution in [1.82, 2.24) is 9.80 Å². The summed E-state index contributed by atoms with van der Waals surface area (Å²) < 4.78 is 107. The van der Waals surface area contributed by atoms with Crippen molar-refractivity contribution in [1.29, 1.82) is 0 Å². The van der Waals surface area contributed by atoms with Gasteiger partial charge in [0.05, 0.1) is 103 Å². The second-order valence-corrected chi connectivity index (χ2v) is 32.7. The molecule has 11 rings (SSSR count). The molecule has 9 aliphatic heterocycles. The van der Waals surface area contributed by atoms with E-state index in [1.54, 1.807) is 115 Å². The summed E-state index contributed by atoms with van der Waals surface area (Å²) >= 11 is 0. The molecule has 0 saturated carbocycles. The minimum atomic E-state index is -1.63. The molecular weight excluding hydrogens is 1490 g/mol. The molecule has 1 N–H and O–H groups in total. The molecule has 4 unspecified atom stereocenters. The maximum Gasteiger partial charge on any atom is 0.415 e. The standard InChI is InChI=1S/C41H58FN3O12.C30H47NO10.C11H11FN2O2/c1-11-30-41(8)34(45(39(50)57-41)26-12-13-28(27(42)19-26)44-14-16-52-17-15-44)23(4)31(46)21(2)20-40(7,51-10)35(24(5)32(47)25(6)36(48)54-30)56-37-33-29(18-22(3)53-37)43(9)38(49)55-33;1-11-21-29(7,36)13-15(2)22(32)16(3)14-30(8,37-10)25(18(5)23(33)19(6)26(34)39-21)41-27-24-20(12-17(4)38-27)31(9)28(35)40-24;12-10-7-9(13-8-15)1-2-11(10)14-3-5-16-6-4-14/h12-13,19,21-25,29-30,33-35,37H,11,14-18,20H2,1-10H3;13,16-21,24-25,27,36H,11-12,14H2,1-10H3;1-2,7H,3-6H2/b;15-13+;/t21-,22-,23+,24+,25-,29+,30-,33?,34-,35-,37?,40-,41-;16-,17-,18+,19-,20+,21-,24?,25-,27?,29+,30-;/m11./s1. The summed E-state index contributed by atoms with van der Waals surface area (Å²) in [6.07, 6.45) is -5.78. The van der Waals surface area contributed by atoms with Crippen LogP contribution in [0.2, 0.25) is 0 Å². The van der Waals surface area contributed by atoms with Crippen molar-refractivity contribution in [2.75, 3.05) is 95.6 Å². The highest BCUT2D eigenvalue weighted by atomic mass is 19.1. The number of carbonyl (C=O) groups is 9. The molecular formula is C82H116F2N6O24. The number of hydrogen-bond acceptors (Lipinski definition) is 27. The van der Waals surface area contributed by atoms with E-state index in [-0.39, 0.29) is 78.7 Å². The molecule has 632 valence electrons.